The van der Waals surface area contributed by atoms with Gasteiger partial charge < -0.3 is 15.4 Å². The molecule has 0 radical (unpaired) electrons. The molecule has 2 rings (SSSR count). The lowest BCUT2D eigenvalue weighted by Crippen LogP contribution is -2.45. The van der Waals surface area contributed by atoms with Crippen LogP contribution in [0.2, 0.25) is 5.02 Å². The number of nitrogens with one attached hydrogen (secondary N) is 2. The summed E-state index contributed by atoms with van der Waals surface area (Å²) in [5, 5.41) is 7.60. The smallest absolute Gasteiger partial charge is 0.191 e. The highest BCUT2D eigenvalue weighted by Crippen LogP contribution is 2.15. The Morgan fingerprint density at radius 3 is 2.76 bits per heavy atom. The van der Waals surface area contributed by atoms with Gasteiger partial charge in [-0.3, -0.25) is 9.89 Å². The van der Waals surface area contributed by atoms with E-state index in [1.54, 1.807) is 7.11 Å². The molecule has 1 unspecified atom stereocenters. The zero-order valence-corrected chi connectivity index (χ0v) is 18.2. The van der Waals surface area contributed by atoms with Gasteiger partial charge in [-0.2, -0.15) is 0 Å². The van der Waals surface area contributed by atoms with Crippen molar-refractivity contribution in [2.75, 3.05) is 46.9 Å². The van der Waals surface area contributed by atoms with E-state index >= 15 is 0 Å². The SMILES string of the molecule is CN=C(NCCc1ccc(Cl)cc1)NCC1CCCN1CCOC.I. The Morgan fingerprint density at radius 2 is 2.08 bits per heavy atom. The quantitative estimate of drug-likeness (QED) is 0.341. The van der Waals surface area contributed by atoms with E-state index in [-0.39, 0.29) is 24.0 Å². The minimum Gasteiger partial charge on any atom is -0.383 e. The first kappa shape index (κ1) is 22.5. The highest BCUT2D eigenvalue weighted by atomic mass is 127. The molecule has 0 bridgehead atoms. The second kappa shape index (κ2) is 12.7. The number of methoxy groups -OCH3 is 1. The molecule has 0 aliphatic carbocycles. The minimum absolute atomic E-state index is 0. The largest absolute Gasteiger partial charge is 0.383 e. The van der Waals surface area contributed by atoms with E-state index in [9.17, 15) is 0 Å². The monoisotopic (exact) mass is 480 g/mol. The molecule has 7 heteroatoms. The summed E-state index contributed by atoms with van der Waals surface area (Å²) in [6.45, 7) is 4.73. The Kier molecular flexibility index (Phi) is 11.4. The molecule has 1 aliphatic rings. The van der Waals surface area contributed by atoms with Crippen molar-refractivity contribution in [1.82, 2.24) is 15.5 Å². The molecule has 1 atom stereocenters. The Morgan fingerprint density at radius 1 is 1.32 bits per heavy atom. The summed E-state index contributed by atoms with van der Waals surface area (Å²) in [7, 11) is 3.57. The number of hydrogen-bond acceptors (Lipinski definition) is 3. The zero-order chi connectivity index (χ0) is 17.2. The fourth-order valence-corrected chi connectivity index (χ4v) is 3.17. The second-order valence-corrected chi connectivity index (χ2v) is 6.52. The van der Waals surface area contributed by atoms with Gasteiger partial charge in [0.1, 0.15) is 0 Å². The molecule has 1 aromatic rings. The van der Waals surface area contributed by atoms with E-state index in [4.69, 9.17) is 16.3 Å². The number of aliphatic imine (C=N–C) groups is 1. The predicted molar refractivity (Wildman–Crippen MR) is 116 cm³/mol. The maximum Gasteiger partial charge on any atom is 0.191 e. The van der Waals surface area contributed by atoms with Crippen molar-refractivity contribution < 1.29 is 4.74 Å². The van der Waals surface area contributed by atoms with Crippen molar-refractivity contribution in [3.63, 3.8) is 0 Å². The molecular weight excluding hydrogens is 451 g/mol. The first-order chi connectivity index (χ1) is 11.7. The van der Waals surface area contributed by atoms with Gasteiger partial charge in [-0.15, -0.1) is 24.0 Å². The van der Waals surface area contributed by atoms with Crippen molar-refractivity contribution in [1.29, 1.82) is 0 Å². The van der Waals surface area contributed by atoms with Crippen molar-refractivity contribution in [3.8, 4) is 0 Å². The summed E-state index contributed by atoms with van der Waals surface area (Å²) in [6.07, 6.45) is 3.44. The standard InChI is InChI=1S/C18H29ClN4O.HI/c1-20-18(21-10-9-15-5-7-16(19)8-6-15)22-14-17-4-3-11-23(17)12-13-24-2;/h5-8,17H,3-4,9-14H2,1-2H3,(H2,20,21,22);1H. The van der Waals surface area contributed by atoms with Gasteiger partial charge in [0.2, 0.25) is 0 Å². The van der Waals surface area contributed by atoms with Gasteiger partial charge in [-0.25, -0.2) is 0 Å². The molecule has 25 heavy (non-hydrogen) atoms. The highest BCUT2D eigenvalue weighted by Gasteiger charge is 2.23. The van der Waals surface area contributed by atoms with Crippen LogP contribution < -0.4 is 10.6 Å². The summed E-state index contributed by atoms with van der Waals surface area (Å²) >= 11 is 5.91. The van der Waals surface area contributed by atoms with Crippen LogP contribution in [-0.4, -0.2) is 63.8 Å². The predicted octanol–water partition coefficient (Wildman–Crippen LogP) is 2.78. The van der Waals surface area contributed by atoms with Crippen LogP contribution in [0.15, 0.2) is 29.3 Å². The third kappa shape index (κ3) is 8.11. The molecule has 1 heterocycles. The minimum atomic E-state index is 0. The van der Waals surface area contributed by atoms with Gasteiger partial charge in [0.25, 0.3) is 0 Å². The van der Waals surface area contributed by atoms with Gasteiger partial charge in [0, 0.05) is 44.9 Å². The highest BCUT2D eigenvalue weighted by molar-refractivity contribution is 14.0. The summed E-state index contributed by atoms with van der Waals surface area (Å²) in [5.74, 6) is 0.863. The van der Waals surface area contributed by atoms with Crippen molar-refractivity contribution in [2.24, 2.45) is 4.99 Å². The number of guanidine groups is 1. The first-order valence-electron chi connectivity index (χ1n) is 8.65. The molecule has 5 nitrogen and oxygen atoms in total. The molecule has 1 aliphatic heterocycles. The van der Waals surface area contributed by atoms with Gasteiger partial charge in [-0.05, 0) is 43.5 Å². The van der Waals surface area contributed by atoms with E-state index in [2.05, 4.69) is 32.7 Å². The van der Waals surface area contributed by atoms with E-state index in [1.807, 2.05) is 19.2 Å². The van der Waals surface area contributed by atoms with Crippen LogP contribution in [0, 0.1) is 0 Å². The topological polar surface area (TPSA) is 48.9 Å². The van der Waals surface area contributed by atoms with Crippen LogP contribution in [0.5, 0.6) is 0 Å². The van der Waals surface area contributed by atoms with Gasteiger partial charge in [0.05, 0.1) is 6.61 Å². The van der Waals surface area contributed by atoms with Crippen LogP contribution >= 0.6 is 35.6 Å². The van der Waals surface area contributed by atoms with Crippen molar-refractivity contribution in [3.05, 3.63) is 34.9 Å². The Hall–Kier alpha value is -0.570. The maximum absolute atomic E-state index is 5.91. The third-order valence-electron chi connectivity index (χ3n) is 4.43. The Bertz CT molecular complexity index is 512. The van der Waals surface area contributed by atoms with Crippen LogP contribution in [0.1, 0.15) is 18.4 Å². The number of rotatable bonds is 8. The number of ether oxygens (including phenoxy) is 1. The zero-order valence-electron chi connectivity index (χ0n) is 15.1. The van der Waals surface area contributed by atoms with Gasteiger partial charge >= 0.3 is 0 Å². The molecular formula is C18H30ClIN4O. The number of likely N-dealkylation sites (tertiary alicyclic amines) is 1. The fraction of sp³-hybridized carbons (Fsp3) is 0.611. The molecule has 0 saturated carbocycles. The lowest BCUT2D eigenvalue weighted by molar-refractivity contribution is 0.141. The first-order valence-corrected chi connectivity index (χ1v) is 9.02. The van der Waals surface area contributed by atoms with E-state index in [1.165, 1.54) is 18.4 Å². The van der Waals surface area contributed by atoms with Crippen LogP contribution in [0.4, 0.5) is 0 Å². The van der Waals surface area contributed by atoms with Gasteiger partial charge in [-0.1, -0.05) is 23.7 Å². The van der Waals surface area contributed by atoms with Crippen LogP contribution in [0.25, 0.3) is 0 Å². The van der Waals surface area contributed by atoms with Crippen molar-refractivity contribution in [2.45, 2.75) is 25.3 Å². The summed E-state index contributed by atoms with van der Waals surface area (Å²) in [6, 6.07) is 8.55. The average Bonchev–Trinajstić information content (AvgIpc) is 3.05. The number of benzene rings is 1. The van der Waals surface area contributed by atoms with Crippen LogP contribution in [0.3, 0.4) is 0 Å². The number of nitrogens with zero attached hydrogens (tertiary/aromatic N) is 2. The molecule has 1 fully saturated rings. The normalized spacial score (nSPS) is 18.0. The fourth-order valence-electron chi connectivity index (χ4n) is 3.04. The molecule has 1 aromatic carbocycles. The lowest BCUT2D eigenvalue weighted by atomic mass is 10.1. The number of hydrogen-bond donors (Lipinski definition) is 2. The average molecular weight is 481 g/mol. The Labute approximate surface area is 173 Å². The van der Waals surface area contributed by atoms with E-state index < -0.39 is 0 Å². The molecule has 0 aromatic heterocycles. The lowest BCUT2D eigenvalue weighted by Gasteiger charge is -2.25. The second-order valence-electron chi connectivity index (χ2n) is 6.08. The van der Waals surface area contributed by atoms with E-state index in [0.29, 0.717) is 6.04 Å². The summed E-state index contributed by atoms with van der Waals surface area (Å²) in [5.41, 5.74) is 1.27. The van der Waals surface area contributed by atoms with E-state index in [0.717, 1.165) is 50.2 Å². The van der Waals surface area contributed by atoms with Crippen molar-refractivity contribution >= 4 is 41.5 Å². The molecule has 2 N–H and O–H groups in total. The molecule has 142 valence electrons. The molecule has 0 amide bonds. The summed E-state index contributed by atoms with van der Waals surface area (Å²) < 4.78 is 5.19. The third-order valence-corrected chi connectivity index (χ3v) is 4.68. The number of halogens is 2. The maximum atomic E-state index is 5.91. The van der Waals surface area contributed by atoms with Gasteiger partial charge in [0.15, 0.2) is 5.96 Å². The molecule has 1 saturated heterocycles. The van der Waals surface area contributed by atoms with Crippen LogP contribution in [-0.2, 0) is 11.2 Å². The molecule has 0 spiro atoms. The summed E-state index contributed by atoms with van der Waals surface area (Å²) in [4.78, 5) is 6.81. The Balaban J connectivity index is 0.00000312.